The third-order valence-electron chi connectivity index (χ3n) is 3.86. The first kappa shape index (κ1) is 19.7. The van der Waals surface area contributed by atoms with E-state index in [9.17, 15) is 0 Å². The van der Waals surface area contributed by atoms with E-state index in [-0.39, 0.29) is 6.04 Å². The van der Waals surface area contributed by atoms with Gasteiger partial charge in [0.1, 0.15) is 0 Å². The van der Waals surface area contributed by atoms with Crippen LogP contribution in [0.1, 0.15) is 26.7 Å². The summed E-state index contributed by atoms with van der Waals surface area (Å²) in [7, 11) is 4.12. The van der Waals surface area contributed by atoms with Gasteiger partial charge < -0.3 is 26.6 Å². The second-order valence-corrected chi connectivity index (χ2v) is 6.59. The van der Waals surface area contributed by atoms with Crippen LogP contribution in [0.4, 0.5) is 29.2 Å². The number of benzene rings is 1. The molecule has 0 bridgehead atoms. The van der Waals surface area contributed by atoms with Gasteiger partial charge >= 0.3 is 0 Å². The highest BCUT2D eigenvalue weighted by molar-refractivity contribution is 5.58. The normalized spacial score (nSPS) is 12.0. The van der Waals surface area contributed by atoms with Crippen molar-refractivity contribution in [2.75, 3.05) is 48.9 Å². The summed E-state index contributed by atoms with van der Waals surface area (Å²) in [5.74, 6) is 1.61. The van der Waals surface area contributed by atoms with Gasteiger partial charge in [-0.1, -0.05) is 6.92 Å². The SMILES string of the molecule is CCC(C)Nc1nc(NCCCN(C)C)nc(Nc2ccc(N)cc2)n1. The smallest absolute Gasteiger partial charge is 0.233 e. The molecule has 0 fully saturated rings. The van der Waals surface area contributed by atoms with Crippen LogP contribution in [0.15, 0.2) is 24.3 Å². The fraction of sp³-hybridized carbons (Fsp3) is 0.500. The Balaban J connectivity index is 2.12. The van der Waals surface area contributed by atoms with Crippen LogP contribution in [0.3, 0.4) is 0 Å². The summed E-state index contributed by atoms with van der Waals surface area (Å²) in [5.41, 5.74) is 7.33. The minimum atomic E-state index is 0.281. The number of nitrogen functional groups attached to an aromatic ring is 1. The van der Waals surface area contributed by atoms with Crippen molar-refractivity contribution >= 4 is 29.2 Å². The van der Waals surface area contributed by atoms with Crippen molar-refractivity contribution in [3.8, 4) is 0 Å². The maximum absolute atomic E-state index is 5.74. The van der Waals surface area contributed by atoms with Crippen molar-refractivity contribution in [2.45, 2.75) is 32.7 Å². The summed E-state index contributed by atoms with van der Waals surface area (Å²) in [4.78, 5) is 15.6. The lowest BCUT2D eigenvalue weighted by atomic mass is 10.3. The Morgan fingerprint density at radius 1 is 1.04 bits per heavy atom. The average Bonchev–Trinajstić information content (AvgIpc) is 2.60. The Morgan fingerprint density at radius 2 is 1.69 bits per heavy atom. The van der Waals surface area contributed by atoms with Crippen molar-refractivity contribution in [3.63, 3.8) is 0 Å². The van der Waals surface area contributed by atoms with Gasteiger partial charge in [-0.25, -0.2) is 0 Å². The molecule has 26 heavy (non-hydrogen) atoms. The molecule has 1 atom stereocenters. The van der Waals surface area contributed by atoms with Gasteiger partial charge in [0.25, 0.3) is 0 Å². The van der Waals surface area contributed by atoms with Crippen LogP contribution in [0.2, 0.25) is 0 Å². The maximum atomic E-state index is 5.74. The molecule has 0 amide bonds. The molecule has 142 valence electrons. The van der Waals surface area contributed by atoms with Gasteiger partial charge in [-0.15, -0.1) is 0 Å². The number of hydrogen-bond donors (Lipinski definition) is 4. The molecule has 1 unspecified atom stereocenters. The van der Waals surface area contributed by atoms with E-state index in [1.807, 2.05) is 24.3 Å². The summed E-state index contributed by atoms with van der Waals surface area (Å²) in [6.07, 6.45) is 1.99. The molecule has 0 saturated carbocycles. The van der Waals surface area contributed by atoms with Gasteiger partial charge in [0.15, 0.2) is 0 Å². The van der Waals surface area contributed by atoms with E-state index in [0.717, 1.165) is 31.6 Å². The predicted octanol–water partition coefficient (Wildman–Crippen LogP) is 2.77. The highest BCUT2D eigenvalue weighted by Crippen LogP contribution is 2.17. The molecular formula is C18H30N8. The molecule has 0 aliphatic heterocycles. The molecule has 2 rings (SSSR count). The Hall–Kier alpha value is -2.61. The lowest BCUT2D eigenvalue weighted by Crippen LogP contribution is -2.19. The summed E-state index contributed by atoms with van der Waals surface area (Å²) in [6, 6.07) is 7.74. The van der Waals surface area contributed by atoms with Crippen molar-refractivity contribution < 1.29 is 0 Å². The van der Waals surface area contributed by atoms with Crippen molar-refractivity contribution in [1.82, 2.24) is 19.9 Å². The molecule has 0 saturated heterocycles. The fourth-order valence-corrected chi connectivity index (χ4v) is 2.19. The monoisotopic (exact) mass is 358 g/mol. The largest absolute Gasteiger partial charge is 0.399 e. The molecule has 5 N–H and O–H groups in total. The zero-order valence-electron chi connectivity index (χ0n) is 16.1. The zero-order valence-corrected chi connectivity index (χ0v) is 16.1. The minimum absolute atomic E-state index is 0.281. The van der Waals surface area contributed by atoms with E-state index in [1.54, 1.807) is 0 Å². The number of nitrogens with two attached hydrogens (primary N) is 1. The lowest BCUT2D eigenvalue weighted by molar-refractivity contribution is 0.405. The maximum Gasteiger partial charge on any atom is 0.233 e. The third-order valence-corrected chi connectivity index (χ3v) is 3.86. The van der Waals surface area contributed by atoms with Crippen LogP contribution in [0.5, 0.6) is 0 Å². The summed E-state index contributed by atoms with van der Waals surface area (Å²) in [5, 5.41) is 9.79. The number of nitrogens with zero attached hydrogens (tertiary/aromatic N) is 4. The molecule has 2 aromatic rings. The Morgan fingerprint density at radius 3 is 2.35 bits per heavy atom. The first-order valence-corrected chi connectivity index (χ1v) is 9.00. The van der Waals surface area contributed by atoms with Crippen molar-refractivity contribution in [3.05, 3.63) is 24.3 Å². The first-order chi connectivity index (χ1) is 12.5. The average molecular weight is 358 g/mol. The second kappa shape index (κ2) is 9.76. The molecule has 0 aliphatic carbocycles. The van der Waals surface area contributed by atoms with Gasteiger partial charge in [-0.05, 0) is 64.7 Å². The van der Waals surface area contributed by atoms with Gasteiger partial charge in [-0.2, -0.15) is 15.0 Å². The Labute approximate surface area is 155 Å². The molecule has 0 radical (unpaired) electrons. The van der Waals surface area contributed by atoms with Crippen LogP contribution in [0.25, 0.3) is 0 Å². The zero-order chi connectivity index (χ0) is 18.9. The third kappa shape index (κ3) is 6.72. The lowest BCUT2D eigenvalue weighted by Gasteiger charge is -2.15. The molecule has 1 heterocycles. The van der Waals surface area contributed by atoms with E-state index in [4.69, 9.17) is 5.73 Å². The van der Waals surface area contributed by atoms with E-state index in [2.05, 4.69) is 63.7 Å². The number of nitrogens with one attached hydrogen (secondary N) is 3. The molecule has 1 aromatic heterocycles. The molecule has 1 aromatic carbocycles. The fourth-order valence-electron chi connectivity index (χ4n) is 2.19. The van der Waals surface area contributed by atoms with E-state index in [1.165, 1.54) is 0 Å². The van der Waals surface area contributed by atoms with E-state index < -0.39 is 0 Å². The summed E-state index contributed by atoms with van der Waals surface area (Å²) in [6.45, 7) is 6.02. The van der Waals surface area contributed by atoms with Gasteiger partial charge in [0, 0.05) is 24.0 Å². The van der Waals surface area contributed by atoms with Crippen LogP contribution >= 0.6 is 0 Å². The van der Waals surface area contributed by atoms with Crippen molar-refractivity contribution in [1.29, 1.82) is 0 Å². The second-order valence-electron chi connectivity index (χ2n) is 6.59. The van der Waals surface area contributed by atoms with E-state index in [0.29, 0.717) is 23.5 Å². The van der Waals surface area contributed by atoms with Crippen LogP contribution in [-0.4, -0.2) is 53.1 Å². The Bertz CT molecular complexity index is 671. The van der Waals surface area contributed by atoms with Crippen LogP contribution in [0, 0.1) is 0 Å². The molecule has 0 spiro atoms. The molecule has 8 nitrogen and oxygen atoms in total. The van der Waals surface area contributed by atoms with Gasteiger partial charge in [0.05, 0.1) is 0 Å². The quantitative estimate of drug-likeness (QED) is 0.380. The molecule has 8 heteroatoms. The number of rotatable bonds is 10. The summed E-state index contributed by atoms with van der Waals surface area (Å²) >= 11 is 0. The predicted molar refractivity (Wildman–Crippen MR) is 109 cm³/mol. The van der Waals surface area contributed by atoms with Crippen LogP contribution < -0.4 is 21.7 Å². The highest BCUT2D eigenvalue weighted by atomic mass is 15.3. The molecular weight excluding hydrogens is 328 g/mol. The van der Waals surface area contributed by atoms with Crippen molar-refractivity contribution in [2.24, 2.45) is 0 Å². The minimum Gasteiger partial charge on any atom is -0.399 e. The van der Waals surface area contributed by atoms with Crippen LogP contribution in [-0.2, 0) is 0 Å². The molecule has 0 aliphatic rings. The van der Waals surface area contributed by atoms with Gasteiger partial charge in [-0.3, -0.25) is 0 Å². The topological polar surface area (TPSA) is 104 Å². The highest BCUT2D eigenvalue weighted by Gasteiger charge is 2.09. The standard InChI is InChI=1S/C18H30N8/c1-5-13(2)21-17-23-16(20-11-6-12-26(3)4)24-18(25-17)22-15-9-7-14(19)8-10-15/h7-10,13H,5-6,11-12,19H2,1-4H3,(H3,20,21,22,23,24,25). The first-order valence-electron chi connectivity index (χ1n) is 9.00. The number of hydrogen-bond acceptors (Lipinski definition) is 8. The number of aromatic nitrogens is 3. The summed E-state index contributed by atoms with van der Waals surface area (Å²) < 4.78 is 0. The Kier molecular flexibility index (Phi) is 7.40. The van der Waals surface area contributed by atoms with E-state index >= 15 is 0 Å². The number of anilines is 5. The van der Waals surface area contributed by atoms with Gasteiger partial charge in [0.2, 0.25) is 17.8 Å².